The molecule has 2 N–H and O–H groups in total. The Bertz CT molecular complexity index is 980. The number of carbonyl (C=O) groups excluding carboxylic acids is 1. The number of hydrogen-bond acceptors (Lipinski definition) is 4. The summed E-state index contributed by atoms with van der Waals surface area (Å²) in [6, 6.07) is 17.4. The quantitative estimate of drug-likeness (QED) is 0.519. The zero-order valence-corrected chi connectivity index (χ0v) is 17.5. The predicted molar refractivity (Wildman–Crippen MR) is 115 cm³/mol. The predicted octanol–water partition coefficient (Wildman–Crippen LogP) is 4.20. The minimum atomic E-state index is -0.268. The number of carbonyl (C=O) groups is 1. The second-order valence-corrected chi connectivity index (χ2v) is 7.08. The van der Waals surface area contributed by atoms with Crippen molar-refractivity contribution in [3.8, 4) is 5.75 Å². The van der Waals surface area contributed by atoms with Crippen LogP contribution in [0, 0.1) is 4.77 Å². The molecule has 3 aromatic rings. The molecule has 1 amide bonds. The maximum Gasteiger partial charge on any atom is 0.240 e. The van der Waals surface area contributed by atoms with Crippen LogP contribution in [0.2, 0.25) is 0 Å². The molecular formula is C22H26N4O2S. The SMILES string of the molecule is CCCc1n[nH]c(=S)n1CC(=O)N[C@@H](c1ccccc1)c1ccc(OCC)cc1. The van der Waals surface area contributed by atoms with Gasteiger partial charge in [-0.05, 0) is 48.8 Å². The number of ether oxygens (including phenoxy) is 1. The van der Waals surface area contributed by atoms with E-state index in [1.807, 2.05) is 61.5 Å². The zero-order chi connectivity index (χ0) is 20.6. The molecule has 0 saturated carbocycles. The lowest BCUT2D eigenvalue weighted by Gasteiger charge is -2.20. The van der Waals surface area contributed by atoms with Gasteiger partial charge in [0.1, 0.15) is 18.1 Å². The second kappa shape index (κ2) is 10.0. The molecule has 0 aliphatic heterocycles. The van der Waals surface area contributed by atoms with Gasteiger partial charge in [0.05, 0.1) is 12.6 Å². The minimum absolute atomic E-state index is 0.123. The zero-order valence-electron chi connectivity index (χ0n) is 16.7. The van der Waals surface area contributed by atoms with Gasteiger partial charge in [-0.25, -0.2) is 0 Å². The molecule has 29 heavy (non-hydrogen) atoms. The van der Waals surface area contributed by atoms with Crippen molar-refractivity contribution < 1.29 is 9.53 Å². The number of rotatable bonds is 9. The molecule has 0 fully saturated rings. The van der Waals surface area contributed by atoms with Crippen molar-refractivity contribution in [2.24, 2.45) is 0 Å². The van der Waals surface area contributed by atoms with Crippen LogP contribution >= 0.6 is 12.2 Å². The Labute approximate surface area is 175 Å². The molecule has 0 radical (unpaired) electrons. The molecule has 0 aliphatic rings. The van der Waals surface area contributed by atoms with Gasteiger partial charge in [0.25, 0.3) is 0 Å². The molecule has 7 heteroatoms. The van der Waals surface area contributed by atoms with Crippen molar-refractivity contribution in [3.63, 3.8) is 0 Å². The molecular weight excluding hydrogens is 384 g/mol. The third-order valence-electron chi connectivity index (χ3n) is 4.58. The fourth-order valence-corrected chi connectivity index (χ4v) is 3.42. The van der Waals surface area contributed by atoms with E-state index < -0.39 is 0 Å². The van der Waals surface area contributed by atoms with Gasteiger partial charge in [-0.15, -0.1) is 0 Å². The monoisotopic (exact) mass is 410 g/mol. The average molecular weight is 411 g/mol. The van der Waals surface area contributed by atoms with Crippen molar-refractivity contribution >= 4 is 18.1 Å². The van der Waals surface area contributed by atoms with Crippen LogP contribution in [0.4, 0.5) is 0 Å². The van der Waals surface area contributed by atoms with E-state index >= 15 is 0 Å². The lowest BCUT2D eigenvalue weighted by molar-refractivity contribution is -0.122. The number of aromatic nitrogens is 3. The Morgan fingerprint density at radius 3 is 2.48 bits per heavy atom. The number of amides is 1. The molecule has 2 aromatic carbocycles. The fourth-order valence-electron chi connectivity index (χ4n) is 3.21. The molecule has 3 rings (SSSR count). The standard InChI is InChI=1S/C22H26N4O2S/c1-3-8-19-24-25-22(29)26(19)15-20(27)23-21(16-9-6-5-7-10-16)17-11-13-18(14-12-17)28-4-2/h5-7,9-14,21H,3-4,8,15H2,1-2H3,(H,23,27)(H,25,29)/t21-/m0/s1. The highest BCUT2D eigenvalue weighted by atomic mass is 32.1. The van der Waals surface area contributed by atoms with Crippen molar-refractivity contribution in [2.45, 2.75) is 39.3 Å². The lowest BCUT2D eigenvalue weighted by Crippen LogP contribution is -2.32. The summed E-state index contributed by atoms with van der Waals surface area (Å²) >= 11 is 5.30. The van der Waals surface area contributed by atoms with Crippen LogP contribution < -0.4 is 10.1 Å². The van der Waals surface area contributed by atoms with Gasteiger partial charge in [-0.3, -0.25) is 14.5 Å². The van der Waals surface area contributed by atoms with Crippen LogP contribution in [-0.2, 0) is 17.8 Å². The maximum absolute atomic E-state index is 12.9. The van der Waals surface area contributed by atoms with Crippen LogP contribution in [0.25, 0.3) is 0 Å². The van der Waals surface area contributed by atoms with Crippen molar-refractivity contribution in [3.05, 3.63) is 76.3 Å². The highest BCUT2D eigenvalue weighted by molar-refractivity contribution is 7.71. The highest BCUT2D eigenvalue weighted by Gasteiger charge is 2.18. The van der Waals surface area contributed by atoms with Gasteiger partial charge in [0.2, 0.25) is 5.91 Å². The minimum Gasteiger partial charge on any atom is -0.494 e. The molecule has 1 aromatic heterocycles. The van der Waals surface area contributed by atoms with Crippen LogP contribution in [0.15, 0.2) is 54.6 Å². The summed E-state index contributed by atoms with van der Waals surface area (Å²) in [5.74, 6) is 1.48. The van der Waals surface area contributed by atoms with E-state index in [1.165, 1.54) is 0 Å². The third kappa shape index (κ3) is 5.32. The summed E-state index contributed by atoms with van der Waals surface area (Å²) < 4.78 is 7.75. The first-order chi connectivity index (χ1) is 14.1. The molecule has 152 valence electrons. The molecule has 6 nitrogen and oxygen atoms in total. The Balaban J connectivity index is 1.83. The average Bonchev–Trinajstić information content (AvgIpc) is 3.07. The summed E-state index contributed by atoms with van der Waals surface area (Å²) in [5, 5.41) is 10.2. The van der Waals surface area contributed by atoms with Gasteiger partial charge in [0, 0.05) is 6.42 Å². The van der Waals surface area contributed by atoms with E-state index in [9.17, 15) is 4.79 Å². The Kier molecular flexibility index (Phi) is 7.19. The van der Waals surface area contributed by atoms with E-state index in [0.717, 1.165) is 35.5 Å². The molecule has 1 heterocycles. The number of hydrogen-bond donors (Lipinski definition) is 2. The van der Waals surface area contributed by atoms with Crippen molar-refractivity contribution in [1.29, 1.82) is 0 Å². The van der Waals surface area contributed by atoms with Gasteiger partial charge >= 0.3 is 0 Å². The summed E-state index contributed by atoms with van der Waals surface area (Å²) in [7, 11) is 0. The number of benzene rings is 2. The topological polar surface area (TPSA) is 71.9 Å². The molecule has 0 unspecified atom stereocenters. The molecule has 0 bridgehead atoms. The van der Waals surface area contributed by atoms with E-state index in [0.29, 0.717) is 11.4 Å². The first kappa shape index (κ1) is 20.8. The van der Waals surface area contributed by atoms with E-state index in [2.05, 4.69) is 22.4 Å². The molecule has 0 spiro atoms. The highest BCUT2D eigenvalue weighted by Crippen LogP contribution is 2.24. The summed E-state index contributed by atoms with van der Waals surface area (Å²) in [5.41, 5.74) is 1.99. The summed E-state index contributed by atoms with van der Waals surface area (Å²) in [6.07, 6.45) is 1.70. The first-order valence-corrected chi connectivity index (χ1v) is 10.2. The van der Waals surface area contributed by atoms with Gasteiger partial charge in [0.15, 0.2) is 4.77 Å². The summed E-state index contributed by atoms with van der Waals surface area (Å²) in [6.45, 7) is 4.77. The number of nitrogens with zero attached hydrogens (tertiary/aromatic N) is 2. The van der Waals surface area contributed by atoms with Gasteiger partial charge in [-0.2, -0.15) is 5.10 Å². The maximum atomic E-state index is 12.9. The first-order valence-electron chi connectivity index (χ1n) is 9.83. The lowest BCUT2D eigenvalue weighted by atomic mass is 9.98. The smallest absolute Gasteiger partial charge is 0.240 e. The molecule has 0 aliphatic carbocycles. The third-order valence-corrected chi connectivity index (χ3v) is 4.89. The number of aromatic amines is 1. The van der Waals surface area contributed by atoms with E-state index in [1.54, 1.807) is 4.57 Å². The number of aryl methyl sites for hydroxylation is 1. The van der Waals surface area contributed by atoms with Crippen molar-refractivity contribution in [2.75, 3.05) is 6.61 Å². The Morgan fingerprint density at radius 2 is 1.83 bits per heavy atom. The van der Waals surface area contributed by atoms with Crippen molar-refractivity contribution in [1.82, 2.24) is 20.1 Å². The van der Waals surface area contributed by atoms with Gasteiger partial charge in [-0.1, -0.05) is 49.4 Å². The van der Waals surface area contributed by atoms with Crippen LogP contribution in [0.1, 0.15) is 43.3 Å². The molecule has 1 atom stereocenters. The largest absolute Gasteiger partial charge is 0.494 e. The van der Waals surface area contributed by atoms with Crippen LogP contribution in [0.3, 0.4) is 0 Å². The Hall–Kier alpha value is -2.93. The van der Waals surface area contributed by atoms with Gasteiger partial charge < -0.3 is 10.1 Å². The normalized spacial score (nSPS) is 11.8. The molecule has 0 saturated heterocycles. The Morgan fingerprint density at radius 1 is 1.14 bits per heavy atom. The van der Waals surface area contributed by atoms with Crippen LogP contribution in [0.5, 0.6) is 5.75 Å². The van der Waals surface area contributed by atoms with E-state index in [4.69, 9.17) is 17.0 Å². The number of nitrogens with one attached hydrogen (secondary N) is 2. The number of H-pyrrole nitrogens is 1. The van der Waals surface area contributed by atoms with E-state index in [-0.39, 0.29) is 18.5 Å². The second-order valence-electron chi connectivity index (χ2n) is 6.69. The fraction of sp³-hybridized carbons (Fsp3) is 0.318. The van der Waals surface area contributed by atoms with Crippen LogP contribution in [-0.4, -0.2) is 27.3 Å². The summed E-state index contributed by atoms with van der Waals surface area (Å²) in [4.78, 5) is 12.9.